The van der Waals surface area contributed by atoms with Crippen LogP contribution < -0.4 is 0 Å². The van der Waals surface area contributed by atoms with Gasteiger partial charge in [-0.05, 0) is 38.0 Å². The van der Waals surface area contributed by atoms with Crippen molar-refractivity contribution in [3.63, 3.8) is 0 Å². The molecule has 2 fully saturated rings. The lowest BCUT2D eigenvalue weighted by molar-refractivity contribution is -0.144. The Kier molecular flexibility index (Phi) is 5.01. The highest BCUT2D eigenvalue weighted by Crippen LogP contribution is 2.30. The van der Waals surface area contributed by atoms with Gasteiger partial charge in [0, 0.05) is 26.3 Å². The van der Waals surface area contributed by atoms with Crippen molar-refractivity contribution in [2.24, 2.45) is 5.92 Å². The van der Waals surface area contributed by atoms with Gasteiger partial charge in [-0.3, -0.25) is 4.79 Å². The van der Waals surface area contributed by atoms with Crippen LogP contribution in [0.2, 0.25) is 0 Å². The molecular weight excluding hydrogens is 230 g/mol. The largest absolute Gasteiger partial charge is 0.383 e. The lowest BCUT2D eigenvalue weighted by Crippen LogP contribution is -2.46. The van der Waals surface area contributed by atoms with E-state index in [1.807, 2.05) is 4.90 Å². The molecule has 1 amide bonds. The first kappa shape index (κ1) is 13.8. The Morgan fingerprint density at radius 1 is 1.39 bits per heavy atom. The van der Waals surface area contributed by atoms with Crippen molar-refractivity contribution in [2.75, 3.05) is 26.9 Å². The lowest BCUT2D eigenvalue weighted by Gasteiger charge is -2.31. The van der Waals surface area contributed by atoms with E-state index in [-0.39, 0.29) is 12.0 Å². The van der Waals surface area contributed by atoms with Gasteiger partial charge < -0.3 is 14.4 Å². The van der Waals surface area contributed by atoms with E-state index in [1.54, 1.807) is 7.11 Å². The first-order chi connectivity index (χ1) is 8.72. The summed E-state index contributed by atoms with van der Waals surface area (Å²) in [5.74, 6) is 0.918. The topological polar surface area (TPSA) is 38.8 Å². The summed E-state index contributed by atoms with van der Waals surface area (Å²) in [5.41, 5.74) is 0. The van der Waals surface area contributed by atoms with Crippen molar-refractivity contribution in [1.29, 1.82) is 0 Å². The number of nitrogens with zero attached hydrogens (tertiary/aromatic N) is 1. The predicted octanol–water partition coefficient (Wildman–Crippen LogP) is 1.83. The average Bonchev–Trinajstić information content (AvgIpc) is 3.00. The molecule has 0 unspecified atom stereocenters. The lowest BCUT2D eigenvalue weighted by atomic mass is 10.1. The average molecular weight is 255 g/mol. The number of carbonyl (C=O) groups is 1. The van der Waals surface area contributed by atoms with E-state index in [2.05, 4.69) is 6.92 Å². The number of hydrogen-bond acceptors (Lipinski definition) is 3. The van der Waals surface area contributed by atoms with Gasteiger partial charge >= 0.3 is 0 Å². The van der Waals surface area contributed by atoms with Crippen LogP contribution in [0.1, 0.15) is 39.0 Å². The molecule has 0 spiro atoms. The fourth-order valence-corrected chi connectivity index (χ4v) is 3.08. The highest BCUT2D eigenvalue weighted by atomic mass is 16.5. The minimum atomic E-state index is -0.197. The molecule has 1 aliphatic heterocycles. The standard InChI is InChI=1S/C14H25NO3/c1-11-5-6-12(10-11)15(7-9-17-2)14(16)13-4-3-8-18-13/h11-13H,3-10H2,1-2H3/t11-,12+,13+/m1/s1. The highest BCUT2D eigenvalue weighted by Gasteiger charge is 2.34. The van der Waals surface area contributed by atoms with Gasteiger partial charge in [0.05, 0.1) is 6.61 Å². The molecule has 2 rings (SSSR count). The minimum absolute atomic E-state index is 0.184. The fraction of sp³-hybridized carbons (Fsp3) is 0.929. The van der Waals surface area contributed by atoms with Gasteiger partial charge in [0.2, 0.25) is 0 Å². The summed E-state index contributed by atoms with van der Waals surface area (Å²) in [5, 5.41) is 0. The molecular formula is C14H25NO3. The summed E-state index contributed by atoms with van der Waals surface area (Å²) in [6, 6.07) is 0.395. The Hall–Kier alpha value is -0.610. The van der Waals surface area contributed by atoms with Gasteiger partial charge in [-0.15, -0.1) is 0 Å². The van der Waals surface area contributed by atoms with Crippen molar-refractivity contribution in [1.82, 2.24) is 4.90 Å². The summed E-state index contributed by atoms with van der Waals surface area (Å²) in [6.07, 6.45) is 5.18. The van der Waals surface area contributed by atoms with Gasteiger partial charge in [-0.1, -0.05) is 6.92 Å². The monoisotopic (exact) mass is 255 g/mol. The Labute approximate surface area is 110 Å². The summed E-state index contributed by atoms with van der Waals surface area (Å²) in [4.78, 5) is 14.5. The normalized spacial score (nSPS) is 31.8. The first-order valence-electron chi connectivity index (χ1n) is 7.13. The van der Waals surface area contributed by atoms with E-state index in [0.717, 1.165) is 38.2 Å². The molecule has 0 aromatic carbocycles. The molecule has 4 nitrogen and oxygen atoms in total. The van der Waals surface area contributed by atoms with E-state index in [0.29, 0.717) is 19.2 Å². The van der Waals surface area contributed by atoms with Crippen molar-refractivity contribution in [2.45, 2.75) is 51.2 Å². The summed E-state index contributed by atoms with van der Waals surface area (Å²) in [6.45, 7) is 4.32. The third-order valence-corrected chi connectivity index (χ3v) is 4.13. The number of hydrogen-bond donors (Lipinski definition) is 0. The molecule has 2 aliphatic rings. The summed E-state index contributed by atoms with van der Waals surface area (Å²) in [7, 11) is 1.69. The number of carbonyl (C=O) groups excluding carboxylic acids is 1. The number of amides is 1. The summed E-state index contributed by atoms with van der Waals surface area (Å²) < 4.78 is 10.7. The SMILES string of the molecule is COCCN(C(=O)[C@@H]1CCCO1)[C@H]1CC[C@@H](C)C1. The van der Waals surface area contributed by atoms with Gasteiger partial charge in [0.15, 0.2) is 0 Å². The van der Waals surface area contributed by atoms with Crippen LogP contribution >= 0.6 is 0 Å². The van der Waals surface area contributed by atoms with Gasteiger partial charge in [0.1, 0.15) is 6.10 Å². The van der Waals surface area contributed by atoms with Gasteiger partial charge in [0.25, 0.3) is 5.91 Å². The maximum Gasteiger partial charge on any atom is 0.252 e. The molecule has 0 bridgehead atoms. The van der Waals surface area contributed by atoms with Crippen LogP contribution in [0.4, 0.5) is 0 Å². The number of rotatable bonds is 5. The van der Waals surface area contributed by atoms with Crippen LogP contribution in [-0.2, 0) is 14.3 Å². The molecule has 1 heterocycles. The Balaban J connectivity index is 1.96. The second-order valence-electron chi connectivity index (χ2n) is 5.60. The zero-order valence-electron chi connectivity index (χ0n) is 11.6. The quantitative estimate of drug-likeness (QED) is 0.752. The van der Waals surface area contributed by atoms with E-state index in [9.17, 15) is 4.79 Å². The van der Waals surface area contributed by atoms with Crippen molar-refractivity contribution >= 4 is 5.91 Å². The molecule has 4 heteroatoms. The van der Waals surface area contributed by atoms with Crippen LogP contribution in [0, 0.1) is 5.92 Å². The number of ether oxygens (including phenoxy) is 2. The van der Waals surface area contributed by atoms with Crippen molar-refractivity contribution in [3.8, 4) is 0 Å². The minimum Gasteiger partial charge on any atom is -0.383 e. The fourth-order valence-electron chi connectivity index (χ4n) is 3.08. The van der Waals surface area contributed by atoms with Crippen LogP contribution in [0.3, 0.4) is 0 Å². The predicted molar refractivity (Wildman–Crippen MR) is 69.4 cm³/mol. The maximum atomic E-state index is 12.5. The van der Waals surface area contributed by atoms with Crippen LogP contribution in [0.25, 0.3) is 0 Å². The van der Waals surface area contributed by atoms with E-state index < -0.39 is 0 Å². The Morgan fingerprint density at radius 3 is 2.78 bits per heavy atom. The third kappa shape index (κ3) is 3.23. The molecule has 3 atom stereocenters. The van der Waals surface area contributed by atoms with E-state index >= 15 is 0 Å². The molecule has 0 N–H and O–H groups in total. The molecule has 0 radical (unpaired) electrons. The molecule has 104 valence electrons. The Morgan fingerprint density at radius 2 is 2.22 bits per heavy atom. The van der Waals surface area contributed by atoms with E-state index in [1.165, 1.54) is 6.42 Å². The van der Waals surface area contributed by atoms with Crippen LogP contribution in [-0.4, -0.2) is 49.8 Å². The molecule has 0 aromatic heterocycles. The van der Waals surface area contributed by atoms with E-state index in [4.69, 9.17) is 9.47 Å². The smallest absolute Gasteiger partial charge is 0.252 e. The summed E-state index contributed by atoms with van der Waals surface area (Å²) >= 11 is 0. The highest BCUT2D eigenvalue weighted by molar-refractivity contribution is 5.81. The third-order valence-electron chi connectivity index (χ3n) is 4.13. The second kappa shape index (κ2) is 6.53. The zero-order chi connectivity index (χ0) is 13.0. The van der Waals surface area contributed by atoms with Crippen LogP contribution in [0.5, 0.6) is 0 Å². The van der Waals surface area contributed by atoms with Crippen molar-refractivity contribution < 1.29 is 14.3 Å². The molecule has 1 saturated carbocycles. The first-order valence-corrected chi connectivity index (χ1v) is 7.13. The Bertz CT molecular complexity index is 276. The molecule has 1 saturated heterocycles. The molecule has 0 aromatic rings. The van der Waals surface area contributed by atoms with Crippen molar-refractivity contribution in [3.05, 3.63) is 0 Å². The molecule has 1 aliphatic carbocycles. The zero-order valence-corrected chi connectivity index (χ0v) is 11.6. The number of methoxy groups -OCH3 is 1. The van der Waals surface area contributed by atoms with Gasteiger partial charge in [-0.2, -0.15) is 0 Å². The molecule has 18 heavy (non-hydrogen) atoms. The van der Waals surface area contributed by atoms with Crippen LogP contribution in [0.15, 0.2) is 0 Å². The second-order valence-corrected chi connectivity index (χ2v) is 5.60. The maximum absolute atomic E-state index is 12.5. The van der Waals surface area contributed by atoms with Gasteiger partial charge in [-0.25, -0.2) is 0 Å².